The van der Waals surface area contributed by atoms with E-state index in [1.54, 1.807) is 19.4 Å². The lowest BCUT2D eigenvalue weighted by Crippen LogP contribution is -2.68. The van der Waals surface area contributed by atoms with Crippen LogP contribution in [0.15, 0.2) is 65.8 Å². The number of carboxylic acid groups (broad SMARTS) is 1. The van der Waals surface area contributed by atoms with E-state index in [2.05, 4.69) is 49.3 Å². The molecule has 2 bridgehead atoms. The zero-order chi connectivity index (χ0) is 25.1. The maximum atomic E-state index is 11.8. The summed E-state index contributed by atoms with van der Waals surface area (Å²) in [7, 11) is 1.63. The SMILES string of the molecule is COc1ccc(CN2C3CC2CN(c2ccc(C4=CC(C(=O)O)=CN5NC6NNCC6=C45)cn2)C3)cn1. The number of piperidine rings is 1. The molecule has 6 aliphatic heterocycles. The van der Waals surface area contributed by atoms with E-state index in [1.165, 1.54) is 12.0 Å². The van der Waals surface area contributed by atoms with Crippen molar-refractivity contribution in [3.05, 3.63) is 76.9 Å². The summed E-state index contributed by atoms with van der Waals surface area (Å²) in [4.78, 5) is 25.8. The minimum absolute atomic E-state index is 0.0632. The molecule has 0 amide bonds. The molecule has 4 saturated heterocycles. The van der Waals surface area contributed by atoms with Gasteiger partial charge >= 0.3 is 5.97 Å². The molecule has 8 rings (SSSR count). The van der Waals surface area contributed by atoms with E-state index in [9.17, 15) is 9.90 Å². The number of anilines is 1. The van der Waals surface area contributed by atoms with E-state index in [-0.39, 0.29) is 11.7 Å². The van der Waals surface area contributed by atoms with Gasteiger partial charge in [0.05, 0.1) is 18.4 Å². The number of carboxylic acids is 1. The van der Waals surface area contributed by atoms with Gasteiger partial charge in [-0.05, 0) is 30.2 Å². The monoisotopic (exact) mass is 500 g/mol. The first-order chi connectivity index (χ1) is 18.1. The molecule has 3 atom stereocenters. The highest BCUT2D eigenvalue weighted by Crippen LogP contribution is 2.39. The van der Waals surface area contributed by atoms with Gasteiger partial charge in [0.1, 0.15) is 12.0 Å². The number of pyridine rings is 2. The van der Waals surface area contributed by atoms with Gasteiger partial charge in [-0.1, -0.05) is 6.07 Å². The minimum Gasteiger partial charge on any atom is -0.481 e. The number of piperazine rings is 1. The quantitative estimate of drug-likeness (QED) is 0.452. The Hall–Kier alpha value is -3.77. The van der Waals surface area contributed by atoms with E-state index in [1.807, 2.05) is 23.5 Å². The van der Waals surface area contributed by atoms with E-state index in [0.717, 1.165) is 47.9 Å². The van der Waals surface area contributed by atoms with Gasteiger partial charge in [-0.25, -0.2) is 25.6 Å². The Kier molecular flexibility index (Phi) is 5.25. The Morgan fingerprint density at radius 3 is 2.73 bits per heavy atom. The number of carbonyl (C=O) groups is 1. The summed E-state index contributed by atoms with van der Waals surface area (Å²) in [5.74, 6) is 0.632. The third kappa shape index (κ3) is 3.78. The van der Waals surface area contributed by atoms with Crippen LogP contribution in [0, 0.1) is 0 Å². The number of hydrazine groups is 2. The fourth-order valence-corrected chi connectivity index (χ4v) is 5.97. The molecule has 6 aliphatic rings. The summed E-state index contributed by atoms with van der Waals surface area (Å²) in [6.45, 7) is 3.45. The summed E-state index contributed by atoms with van der Waals surface area (Å²) in [5, 5.41) is 11.5. The van der Waals surface area contributed by atoms with Crippen LogP contribution in [0.5, 0.6) is 5.88 Å². The van der Waals surface area contributed by atoms with Crippen molar-refractivity contribution >= 4 is 17.4 Å². The largest absolute Gasteiger partial charge is 0.481 e. The highest BCUT2D eigenvalue weighted by molar-refractivity contribution is 5.96. The van der Waals surface area contributed by atoms with Gasteiger partial charge in [0.15, 0.2) is 0 Å². The van der Waals surface area contributed by atoms with Crippen molar-refractivity contribution in [2.45, 2.75) is 31.2 Å². The maximum Gasteiger partial charge on any atom is 0.337 e. The van der Waals surface area contributed by atoms with Crippen molar-refractivity contribution < 1.29 is 14.6 Å². The van der Waals surface area contributed by atoms with Gasteiger partial charge in [0.25, 0.3) is 0 Å². The normalized spacial score (nSPS) is 26.4. The number of nitrogens with zero attached hydrogens (tertiary/aromatic N) is 5. The molecule has 37 heavy (non-hydrogen) atoms. The second kappa shape index (κ2) is 8.67. The predicted molar refractivity (Wildman–Crippen MR) is 136 cm³/mol. The Bertz CT molecular complexity index is 1320. The molecule has 11 heteroatoms. The molecule has 11 nitrogen and oxygen atoms in total. The van der Waals surface area contributed by atoms with E-state index < -0.39 is 5.97 Å². The maximum absolute atomic E-state index is 11.8. The molecule has 0 aliphatic carbocycles. The van der Waals surface area contributed by atoms with Crippen LogP contribution in [0.25, 0.3) is 5.57 Å². The first-order valence-corrected chi connectivity index (χ1v) is 12.5. The average Bonchev–Trinajstić information content (AvgIpc) is 3.53. The Morgan fingerprint density at radius 2 is 2.03 bits per heavy atom. The molecule has 3 unspecified atom stereocenters. The first kappa shape index (κ1) is 22.4. The number of nitrogens with one attached hydrogen (secondary N) is 3. The lowest BCUT2D eigenvalue weighted by atomic mass is 9.87. The van der Waals surface area contributed by atoms with Crippen LogP contribution < -0.4 is 25.9 Å². The van der Waals surface area contributed by atoms with Crippen LogP contribution >= 0.6 is 0 Å². The van der Waals surface area contributed by atoms with E-state index >= 15 is 0 Å². The number of rotatable bonds is 6. The van der Waals surface area contributed by atoms with Crippen molar-refractivity contribution in [1.29, 1.82) is 0 Å². The lowest BCUT2D eigenvalue weighted by molar-refractivity contribution is -0.132. The Labute approximate surface area is 214 Å². The number of methoxy groups -OCH3 is 1. The summed E-state index contributed by atoms with van der Waals surface area (Å²) in [6, 6.07) is 9.09. The van der Waals surface area contributed by atoms with Gasteiger partial charge in [0.2, 0.25) is 5.88 Å². The minimum atomic E-state index is -0.960. The van der Waals surface area contributed by atoms with Crippen LogP contribution in [-0.2, 0) is 11.3 Å². The molecular formula is C26H28N8O3. The molecule has 2 aromatic heterocycles. The summed E-state index contributed by atoms with van der Waals surface area (Å²) < 4.78 is 5.17. The molecule has 8 heterocycles. The predicted octanol–water partition coefficient (Wildman–Crippen LogP) is 0.822. The standard InChI is InChI=1S/C26H28N8O3/c1-37-23-5-2-15(8-28-23)11-33-18-7-19(33)14-32(13-18)22-4-3-16(9-27-22)20-6-17(26(35)36)12-34-24(20)21-10-29-30-25(21)31-34/h2-6,8-9,12,18-19,25,29-31H,7,10-11,13-14H2,1H3,(H,35,36). The van der Waals surface area contributed by atoms with E-state index in [0.29, 0.717) is 24.5 Å². The number of aliphatic carboxylic acids is 1. The Morgan fingerprint density at radius 1 is 1.16 bits per heavy atom. The third-order valence-corrected chi connectivity index (χ3v) is 7.86. The smallest absolute Gasteiger partial charge is 0.337 e. The second-order valence-electron chi connectivity index (χ2n) is 9.99. The zero-order valence-electron chi connectivity index (χ0n) is 20.4. The molecule has 4 N–H and O–H groups in total. The number of ether oxygens (including phenoxy) is 1. The number of allylic oxidation sites excluding steroid dienone is 1. The molecule has 0 radical (unpaired) electrons. The van der Waals surface area contributed by atoms with Crippen LogP contribution in [0.4, 0.5) is 5.82 Å². The summed E-state index contributed by atoms with van der Waals surface area (Å²) in [6.07, 6.45) is 8.27. The molecule has 2 aromatic rings. The van der Waals surface area contributed by atoms with Crippen molar-refractivity contribution in [3.63, 3.8) is 0 Å². The van der Waals surface area contributed by atoms with Crippen LogP contribution in [0.3, 0.4) is 0 Å². The topological polar surface area (TPSA) is 118 Å². The highest BCUT2D eigenvalue weighted by atomic mass is 16.5. The molecule has 0 aromatic carbocycles. The van der Waals surface area contributed by atoms with Crippen molar-refractivity contribution in [2.75, 3.05) is 31.6 Å². The summed E-state index contributed by atoms with van der Waals surface area (Å²) >= 11 is 0. The van der Waals surface area contributed by atoms with Gasteiger partial charge in [-0.3, -0.25) is 15.3 Å². The molecule has 4 fully saturated rings. The van der Waals surface area contributed by atoms with Crippen molar-refractivity contribution in [1.82, 2.24) is 36.2 Å². The fraction of sp³-hybridized carbons (Fsp3) is 0.346. The van der Waals surface area contributed by atoms with Crippen LogP contribution in [0.2, 0.25) is 0 Å². The van der Waals surface area contributed by atoms with Crippen LogP contribution in [-0.4, -0.2) is 75.9 Å². The molecule has 190 valence electrons. The third-order valence-electron chi connectivity index (χ3n) is 7.86. The number of hydrogen-bond acceptors (Lipinski definition) is 10. The van der Waals surface area contributed by atoms with Gasteiger partial charge in [-0.15, -0.1) is 0 Å². The zero-order valence-corrected chi connectivity index (χ0v) is 20.4. The lowest BCUT2D eigenvalue weighted by Gasteiger charge is -2.56. The molecule has 0 spiro atoms. The average molecular weight is 501 g/mol. The van der Waals surface area contributed by atoms with Gasteiger partial charge < -0.3 is 14.7 Å². The Balaban J connectivity index is 1.08. The van der Waals surface area contributed by atoms with Crippen LogP contribution in [0.1, 0.15) is 17.5 Å². The number of hydrogen-bond donors (Lipinski definition) is 4. The fourth-order valence-electron chi connectivity index (χ4n) is 5.97. The molecule has 0 saturated carbocycles. The number of fused-ring (bicyclic) bond motifs is 4. The van der Waals surface area contributed by atoms with Gasteiger partial charge in [0, 0.05) is 79.6 Å². The van der Waals surface area contributed by atoms with Crippen molar-refractivity contribution in [3.8, 4) is 5.88 Å². The first-order valence-electron chi connectivity index (χ1n) is 12.5. The highest BCUT2D eigenvalue weighted by Gasteiger charge is 2.45. The van der Waals surface area contributed by atoms with E-state index in [4.69, 9.17) is 9.72 Å². The second-order valence-corrected chi connectivity index (χ2v) is 9.99. The van der Waals surface area contributed by atoms with Crippen molar-refractivity contribution in [2.24, 2.45) is 0 Å². The van der Waals surface area contributed by atoms with Gasteiger partial charge in [-0.2, -0.15) is 0 Å². The molecular weight excluding hydrogens is 472 g/mol. The summed E-state index contributed by atoms with van der Waals surface area (Å²) in [5.41, 5.74) is 14.9. The number of aromatic nitrogens is 2.